The van der Waals surface area contributed by atoms with Crippen LogP contribution in [0.1, 0.15) is 5.56 Å². The van der Waals surface area contributed by atoms with Gasteiger partial charge in [-0.05, 0) is 30.4 Å². The molecular formula is C15H15N3O2S. The van der Waals surface area contributed by atoms with E-state index in [0.29, 0.717) is 11.3 Å². The number of nitrogens with zero attached hydrogens (tertiary/aromatic N) is 2. The fraction of sp³-hybridized carbons (Fsp3) is 0.200. The molecule has 3 aromatic rings. The number of aromatic amines is 1. The van der Waals surface area contributed by atoms with E-state index in [4.69, 9.17) is 21.7 Å². The van der Waals surface area contributed by atoms with Crippen LogP contribution in [0.3, 0.4) is 0 Å². The lowest BCUT2D eigenvalue weighted by atomic mass is 10.2. The molecule has 0 saturated heterocycles. The molecule has 0 radical (unpaired) electrons. The lowest BCUT2D eigenvalue weighted by Crippen LogP contribution is -2.02. The minimum Gasteiger partial charge on any atom is -0.497 e. The van der Waals surface area contributed by atoms with Crippen molar-refractivity contribution in [3.8, 4) is 11.5 Å². The average molecular weight is 301 g/mol. The van der Waals surface area contributed by atoms with Crippen LogP contribution >= 0.6 is 12.2 Å². The second-order valence-electron chi connectivity index (χ2n) is 4.59. The van der Waals surface area contributed by atoms with Gasteiger partial charge in [0, 0.05) is 17.8 Å². The Hall–Kier alpha value is -2.34. The molecule has 6 heteroatoms. The predicted molar refractivity (Wildman–Crippen MR) is 83.6 cm³/mol. The summed E-state index contributed by atoms with van der Waals surface area (Å²) in [4.78, 5) is 7.26. The van der Waals surface area contributed by atoms with Crippen LogP contribution in [0.25, 0.3) is 11.0 Å². The molecule has 2 aromatic heterocycles. The lowest BCUT2D eigenvalue weighted by molar-refractivity contribution is 0.390. The zero-order valence-corrected chi connectivity index (χ0v) is 12.6. The molecule has 0 aliphatic heterocycles. The second kappa shape index (κ2) is 5.57. The molecule has 0 atom stereocenters. The maximum Gasteiger partial charge on any atom is 0.178 e. The molecule has 108 valence electrons. The highest BCUT2D eigenvalue weighted by Gasteiger charge is 2.09. The van der Waals surface area contributed by atoms with Crippen molar-refractivity contribution in [1.82, 2.24) is 14.5 Å². The normalized spacial score (nSPS) is 10.8. The van der Waals surface area contributed by atoms with E-state index in [9.17, 15) is 0 Å². The summed E-state index contributed by atoms with van der Waals surface area (Å²) in [5.74, 6) is 1.54. The summed E-state index contributed by atoms with van der Waals surface area (Å²) in [5, 5.41) is 0. The molecule has 1 N–H and O–H groups in total. The van der Waals surface area contributed by atoms with Crippen molar-refractivity contribution < 1.29 is 9.47 Å². The SMILES string of the molecule is COc1ccc(Cn2c(=S)[nH]c3cnccc32)c(OC)c1. The van der Waals surface area contributed by atoms with E-state index in [1.54, 1.807) is 26.6 Å². The first-order chi connectivity index (χ1) is 10.2. The summed E-state index contributed by atoms with van der Waals surface area (Å²) in [6, 6.07) is 7.71. The van der Waals surface area contributed by atoms with Crippen molar-refractivity contribution in [1.29, 1.82) is 0 Å². The number of fused-ring (bicyclic) bond motifs is 1. The number of hydrogen-bond acceptors (Lipinski definition) is 4. The number of nitrogens with one attached hydrogen (secondary N) is 1. The smallest absolute Gasteiger partial charge is 0.178 e. The predicted octanol–water partition coefficient (Wildman–Crippen LogP) is 3.16. The van der Waals surface area contributed by atoms with Gasteiger partial charge in [-0.2, -0.15) is 0 Å². The zero-order chi connectivity index (χ0) is 14.8. The molecular weight excluding hydrogens is 286 g/mol. The van der Waals surface area contributed by atoms with Gasteiger partial charge in [-0.3, -0.25) is 4.98 Å². The lowest BCUT2D eigenvalue weighted by Gasteiger charge is -2.11. The monoisotopic (exact) mass is 301 g/mol. The number of hydrogen-bond donors (Lipinski definition) is 1. The Balaban J connectivity index is 2.06. The van der Waals surface area contributed by atoms with Crippen molar-refractivity contribution in [3.05, 3.63) is 47.0 Å². The van der Waals surface area contributed by atoms with Crippen LogP contribution in [0, 0.1) is 4.77 Å². The Kier molecular flexibility index (Phi) is 3.62. The van der Waals surface area contributed by atoms with E-state index in [-0.39, 0.29) is 0 Å². The van der Waals surface area contributed by atoms with Crippen molar-refractivity contribution in [2.45, 2.75) is 6.54 Å². The number of ether oxygens (including phenoxy) is 2. The van der Waals surface area contributed by atoms with E-state index in [1.165, 1.54) is 0 Å². The molecule has 0 bridgehead atoms. The van der Waals surface area contributed by atoms with E-state index in [2.05, 4.69) is 9.97 Å². The van der Waals surface area contributed by atoms with E-state index >= 15 is 0 Å². The Bertz CT molecular complexity index is 838. The molecule has 2 heterocycles. The fourth-order valence-corrected chi connectivity index (χ4v) is 2.59. The van der Waals surface area contributed by atoms with Gasteiger partial charge in [-0.25, -0.2) is 0 Å². The molecule has 0 aliphatic rings. The first-order valence-electron chi connectivity index (χ1n) is 6.46. The van der Waals surface area contributed by atoms with Crippen molar-refractivity contribution in [2.24, 2.45) is 0 Å². The standard InChI is InChI=1S/C15H15N3O2S/c1-19-11-4-3-10(14(7-11)20-2)9-18-13-5-6-16-8-12(13)17-15(18)21/h3-8H,9H2,1-2H3,(H,17,21). The molecule has 5 nitrogen and oxygen atoms in total. The summed E-state index contributed by atoms with van der Waals surface area (Å²) < 4.78 is 13.3. The van der Waals surface area contributed by atoms with Crippen LogP contribution in [0.2, 0.25) is 0 Å². The number of aromatic nitrogens is 3. The number of methoxy groups -OCH3 is 2. The first-order valence-corrected chi connectivity index (χ1v) is 6.87. The zero-order valence-electron chi connectivity index (χ0n) is 11.8. The average Bonchev–Trinajstić information content (AvgIpc) is 2.83. The molecule has 0 fully saturated rings. The highest BCUT2D eigenvalue weighted by atomic mass is 32.1. The van der Waals surface area contributed by atoms with Crippen molar-refractivity contribution in [3.63, 3.8) is 0 Å². The Morgan fingerprint density at radius 1 is 1.24 bits per heavy atom. The number of H-pyrrole nitrogens is 1. The van der Waals surface area contributed by atoms with Crippen molar-refractivity contribution in [2.75, 3.05) is 14.2 Å². The molecule has 0 saturated carbocycles. The van der Waals surface area contributed by atoms with E-state index in [0.717, 1.165) is 28.1 Å². The van der Waals surface area contributed by atoms with Crippen LogP contribution in [0.5, 0.6) is 11.5 Å². The number of benzene rings is 1. The fourth-order valence-electron chi connectivity index (χ4n) is 2.32. The third kappa shape index (κ3) is 2.50. The molecule has 0 aliphatic carbocycles. The van der Waals surface area contributed by atoms with Gasteiger partial charge >= 0.3 is 0 Å². The highest BCUT2D eigenvalue weighted by Crippen LogP contribution is 2.26. The van der Waals surface area contributed by atoms with Gasteiger partial charge in [0.15, 0.2) is 4.77 Å². The molecule has 21 heavy (non-hydrogen) atoms. The molecule has 0 amide bonds. The summed E-state index contributed by atoms with van der Waals surface area (Å²) >= 11 is 5.39. The third-order valence-electron chi connectivity index (χ3n) is 3.40. The van der Waals surface area contributed by atoms with E-state index in [1.807, 2.05) is 28.8 Å². The maximum absolute atomic E-state index is 5.44. The van der Waals surface area contributed by atoms with Gasteiger partial charge in [0.25, 0.3) is 0 Å². The molecule has 1 aromatic carbocycles. The largest absolute Gasteiger partial charge is 0.497 e. The van der Waals surface area contributed by atoms with Crippen LogP contribution in [-0.2, 0) is 6.54 Å². The third-order valence-corrected chi connectivity index (χ3v) is 3.72. The minimum atomic E-state index is 0.621. The quantitative estimate of drug-likeness (QED) is 0.752. The number of pyridine rings is 1. The molecule has 0 spiro atoms. The number of rotatable bonds is 4. The topological polar surface area (TPSA) is 52.1 Å². The van der Waals surface area contributed by atoms with Crippen LogP contribution in [-0.4, -0.2) is 28.8 Å². The molecule has 0 unspecified atom stereocenters. The van der Waals surface area contributed by atoms with E-state index < -0.39 is 0 Å². The summed E-state index contributed by atoms with van der Waals surface area (Å²) in [7, 11) is 3.29. The minimum absolute atomic E-state index is 0.621. The first kappa shape index (κ1) is 13.6. The second-order valence-corrected chi connectivity index (χ2v) is 4.97. The van der Waals surface area contributed by atoms with Gasteiger partial charge in [-0.15, -0.1) is 0 Å². The van der Waals surface area contributed by atoms with Crippen molar-refractivity contribution >= 4 is 23.3 Å². The number of imidazole rings is 1. The summed E-state index contributed by atoms with van der Waals surface area (Å²) in [5.41, 5.74) is 2.98. The van der Waals surface area contributed by atoms with Gasteiger partial charge in [0.05, 0.1) is 38.0 Å². The molecule has 3 rings (SSSR count). The van der Waals surface area contributed by atoms with Gasteiger partial charge in [0.1, 0.15) is 11.5 Å². The van der Waals surface area contributed by atoms with Gasteiger partial charge in [-0.1, -0.05) is 0 Å². The summed E-state index contributed by atoms with van der Waals surface area (Å²) in [6.07, 6.45) is 3.53. The van der Waals surface area contributed by atoms with Crippen LogP contribution in [0.15, 0.2) is 36.7 Å². The maximum atomic E-state index is 5.44. The Morgan fingerprint density at radius 2 is 2.10 bits per heavy atom. The van der Waals surface area contributed by atoms with Gasteiger partial charge in [0.2, 0.25) is 0 Å². The van der Waals surface area contributed by atoms with Crippen LogP contribution in [0.4, 0.5) is 0 Å². The van der Waals surface area contributed by atoms with Crippen LogP contribution < -0.4 is 9.47 Å². The summed E-state index contributed by atoms with van der Waals surface area (Å²) in [6.45, 7) is 0.621. The Morgan fingerprint density at radius 3 is 2.86 bits per heavy atom. The Labute approximate surface area is 127 Å². The highest BCUT2D eigenvalue weighted by molar-refractivity contribution is 7.71. The van der Waals surface area contributed by atoms with Gasteiger partial charge < -0.3 is 19.0 Å².